The minimum Gasteiger partial charge on any atom is -0.489 e. The molecular formula is C25H23N5O3S. The maximum Gasteiger partial charge on any atom is 0.251 e. The summed E-state index contributed by atoms with van der Waals surface area (Å²) < 4.78 is 6.14. The molecule has 1 fully saturated rings. The average molecular weight is 474 g/mol. The zero-order chi connectivity index (χ0) is 23.7. The van der Waals surface area contributed by atoms with E-state index in [0.717, 1.165) is 32.7 Å². The number of aromatic nitrogens is 3. The van der Waals surface area contributed by atoms with Crippen LogP contribution in [0.3, 0.4) is 0 Å². The second kappa shape index (κ2) is 9.25. The van der Waals surface area contributed by atoms with Crippen molar-refractivity contribution < 1.29 is 14.6 Å². The summed E-state index contributed by atoms with van der Waals surface area (Å²) in [6.07, 6.45) is 5.70. The normalized spacial score (nSPS) is 15.3. The average Bonchev–Trinajstić information content (AvgIpc) is 3.54. The van der Waals surface area contributed by atoms with Crippen molar-refractivity contribution in [3.63, 3.8) is 0 Å². The highest BCUT2D eigenvalue weighted by Crippen LogP contribution is 2.34. The summed E-state index contributed by atoms with van der Waals surface area (Å²) in [4.78, 5) is 25.7. The monoisotopic (exact) mass is 473 g/mol. The number of piperidine rings is 1. The van der Waals surface area contributed by atoms with Gasteiger partial charge in [0.1, 0.15) is 34.7 Å². The predicted octanol–water partition coefficient (Wildman–Crippen LogP) is 3.98. The van der Waals surface area contributed by atoms with Gasteiger partial charge in [-0.15, -0.1) is 11.3 Å². The number of hydrogen-bond acceptors (Lipinski definition) is 7. The van der Waals surface area contributed by atoms with Crippen LogP contribution in [0.5, 0.6) is 5.75 Å². The predicted molar refractivity (Wildman–Crippen MR) is 129 cm³/mol. The molecule has 1 amide bonds. The van der Waals surface area contributed by atoms with Crippen LogP contribution in [0.1, 0.15) is 25.3 Å². The van der Waals surface area contributed by atoms with Gasteiger partial charge in [-0.3, -0.25) is 4.79 Å². The van der Waals surface area contributed by atoms with E-state index < -0.39 is 6.10 Å². The van der Waals surface area contributed by atoms with Gasteiger partial charge in [-0.1, -0.05) is 6.07 Å². The summed E-state index contributed by atoms with van der Waals surface area (Å²) >= 11 is 1.56. The summed E-state index contributed by atoms with van der Waals surface area (Å²) in [6, 6.07) is 9.93. The highest BCUT2D eigenvalue weighted by molar-refractivity contribution is 7.13. The lowest BCUT2D eigenvalue weighted by Gasteiger charge is -2.33. The fourth-order valence-corrected chi connectivity index (χ4v) is 4.87. The second-order valence-corrected chi connectivity index (χ2v) is 9.20. The number of ether oxygens (including phenoxy) is 1. The third-order valence-corrected chi connectivity index (χ3v) is 6.85. The van der Waals surface area contributed by atoms with Crippen molar-refractivity contribution in [1.29, 1.82) is 5.26 Å². The Kier molecular flexibility index (Phi) is 6.01. The molecule has 0 bridgehead atoms. The molecule has 0 unspecified atom stereocenters. The van der Waals surface area contributed by atoms with Crippen LogP contribution in [0, 0.1) is 11.3 Å². The molecular weight excluding hydrogens is 450 g/mol. The number of aromatic amines is 1. The van der Waals surface area contributed by atoms with E-state index in [9.17, 15) is 15.2 Å². The number of hydrogen-bond donors (Lipinski definition) is 2. The third kappa shape index (κ3) is 4.25. The second-order valence-electron chi connectivity index (χ2n) is 8.30. The lowest BCUT2D eigenvalue weighted by Crippen LogP contribution is -2.45. The van der Waals surface area contributed by atoms with E-state index in [1.54, 1.807) is 28.6 Å². The zero-order valence-corrected chi connectivity index (χ0v) is 19.4. The first-order valence-corrected chi connectivity index (χ1v) is 12.0. The van der Waals surface area contributed by atoms with Gasteiger partial charge >= 0.3 is 0 Å². The lowest BCUT2D eigenvalue weighted by molar-refractivity contribution is -0.141. The molecule has 1 aromatic carbocycles. The maximum absolute atomic E-state index is 12.0. The Morgan fingerprint density at radius 3 is 2.82 bits per heavy atom. The Bertz CT molecular complexity index is 1370. The minimum absolute atomic E-state index is 0.0888. The molecule has 0 spiro atoms. The van der Waals surface area contributed by atoms with E-state index in [0.29, 0.717) is 37.2 Å². The lowest BCUT2D eigenvalue weighted by atomic mass is 10.0. The van der Waals surface area contributed by atoms with E-state index >= 15 is 0 Å². The standard InChI is InChI=1S/C25H23N5O3S/c1-15(31)25(32)30-7-4-19(5-8-30)33-22-3-2-16(10-17(22)12-26)21-14-29-23-20(21)11-18(13-28-23)24-27-6-9-34-24/h2-3,6,9-11,13-15,19,31H,4-5,7-8H2,1H3,(H,28,29)/t15-/m0/s1. The zero-order valence-electron chi connectivity index (χ0n) is 18.6. The Hall–Kier alpha value is -3.74. The van der Waals surface area contributed by atoms with Crippen molar-refractivity contribution in [2.75, 3.05) is 13.1 Å². The molecule has 172 valence electrons. The summed E-state index contributed by atoms with van der Waals surface area (Å²) in [5, 5.41) is 23.1. The molecule has 1 aliphatic heterocycles. The van der Waals surface area contributed by atoms with Crippen LogP contribution in [-0.2, 0) is 4.79 Å². The Labute approximate surface area is 200 Å². The molecule has 1 saturated heterocycles. The number of benzene rings is 1. The molecule has 8 nitrogen and oxygen atoms in total. The molecule has 0 radical (unpaired) electrons. The van der Waals surface area contributed by atoms with Crippen LogP contribution in [0.2, 0.25) is 0 Å². The summed E-state index contributed by atoms with van der Waals surface area (Å²) in [6.45, 7) is 2.53. The smallest absolute Gasteiger partial charge is 0.251 e. The van der Waals surface area contributed by atoms with Gasteiger partial charge in [0, 0.05) is 66.4 Å². The van der Waals surface area contributed by atoms with Gasteiger partial charge in [0.15, 0.2) is 0 Å². The number of aliphatic hydroxyl groups is 1. The summed E-state index contributed by atoms with van der Waals surface area (Å²) in [5.41, 5.74) is 4.02. The van der Waals surface area contributed by atoms with Gasteiger partial charge < -0.3 is 19.7 Å². The van der Waals surface area contributed by atoms with Gasteiger partial charge in [0.25, 0.3) is 5.91 Å². The number of rotatable bonds is 5. The van der Waals surface area contributed by atoms with Crippen LogP contribution < -0.4 is 4.74 Å². The van der Waals surface area contributed by atoms with Gasteiger partial charge in [-0.05, 0) is 30.7 Å². The van der Waals surface area contributed by atoms with Crippen molar-refractivity contribution in [1.82, 2.24) is 19.9 Å². The molecule has 3 aromatic heterocycles. The number of amides is 1. The number of likely N-dealkylation sites (tertiary alicyclic amines) is 1. The fourth-order valence-electron chi connectivity index (χ4n) is 4.25. The van der Waals surface area contributed by atoms with Gasteiger partial charge in [0.05, 0.1) is 5.56 Å². The Morgan fingerprint density at radius 2 is 2.12 bits per heavy atom. The van der Waals surface area contributed by atoms with Crippen LogP contribution >= 0.6 is 11.3 Å². The molecule has 5 rings (SSSR count). The molecule has 4 heterocycles. The minimum atomic E-state index is -0.993. The van der Waals surface area contributed by atoms with Crippen molar-refractivity contribution in [2.24, 2.45) is 0 Å². The highest BCUT2D eigenvalue weighted by atomic mass is 32.1. The van der Waals surface area contributed by atoms with Crippen molar-refractivity contribution in [3.05, 3.63) is 53.8 Å². The number of pyridine rings is 1. The van der Waals surface area contributed by atoms with Crippen LogP contribution in [0.4, 0.5) is 0 Å². The Morgan fingerprint density at radius 1 is 1.29 bits per heavy atom. The molecule has 1 atom stereocenters. The summed E-state index contributed by atoms with van der Waals surface area (Å²) in [5.74, 6) is 0.278. The number of nitrogens with one attached hydrogen (secondary N) is 1. The van der Waals surface area contributed by atoms with Gasteiger partial charge in [-0.2, -0.15) is 5.26 Å². The van der Waals surface area contributed by atoms with Crippen molar-refractivity contribution in [3.8, 4) is 33.5 Å². The number of thiazole rings is 1. The molecule has 9 heteroatoms. The number of carbonyl (C=O) groups excluding carboxylic acids is 1. The number of fused-ring (bicyclic) bond motifs is 1. The fraction of sp³-hybridized carbons (Fsp3) is 0.280. The number of aliphatic hydroxyl groups excluding tert-OH is 1. The molecule has 2 N–H and O–H groups in total. The number of nitriles is 1. The molecule has 34 heavy (non-hydrogen) atoms. The van der Waals surface area contributed by atoms with E-state index in [4.69, 9.17) is 4.74 Å². The first-order valence-electron chi connectivity index (χ1n) is 11.1. The molecule has 1 aliphatic rings. The van der Waals surface area contributed by atoms with Gasteiger partial charge in [0.2, 0.25) is 0 Å². The SMILES string of the molecule is C[C@H](O)C(=O)N1CCC(Oc2ccc(-c3c[nH]c4ncc(-c5nccs5)cc34)cc2C#N)CC1. The largest absolute Gasteiger partial charge is 0.489 e. The van der Waals surface area contributed by atoms with Crippen LogP contribution in [-0.4, -0.2) is 56.2 Å². The third-order valence-electron chi connectivity index (χ3n) is 6.03. The number of carbonyl (C=O) groups is 1. The molecule has 4 aromatic rings. The van der Waals surface area contributed by atoms with Gasteiger partial charge in [-0.25, -0.2) is 9.97 Å². The topological polar surface area (TPSA) is 115 Å². The van der Waals surface area contributed by atoms with Crippen LogP contribution in [0.15, 0.2) is 48.2 Å². The molecule has 0 saturated carbocycles. The maximum atomic E-state index is 12.0. The van der Waals surface area contributed by atoms with Crippen LogP contribution in [0.25, 0.3) is 32.7 Å². The first-order chi connectivity index (χ1) is 16.5. The van der Waals surface area contributed by atoms with E-state index in [-0.39, 0.29) is 12.0 Å². The van der Waals surface area contributed by atoms with Crippen molar-refractivity contribution in [2.45, 2.75) is 32.0 Å². The number of nitrogens with zero attached hydrogens (tertiary/aromatic N) is 4. The quantitative estimate of drug-likeness (QED) is 0.453. The first kappa shape index (κ1) is 22.1. The highest BCUT2D eigenvalue weighted by Gasteiger charge is 2.26. The van der Waals surface area contributed by atoms with Crippen molar-refractivity contribution >= 4 is 28.3 Å². The van der Waals surface area contributed by atoms with E-state index in [2.05, 4.69) is 27.1 Å². The molecule has 0 aliphatic carbocycles. The Balaban J connectivity index is 1.37. The van der Waals surface area contributed by atoms with E-state index in [1.165, 1.54) is 6.92 Å². The number of H-pyrrole nitrogens is 1. The van der Waals surface area contributed by atoms with E-state index in [1.807, 2.05) is 29.8 Å². The summed E-state index contributed by atoms with van der Waals surface area (Å²) in [7, 11) is 0.